The van der Waals surface area contributed by atoms with E-state index >= 15 is 0 Å². The van der Waals surface area contributed by atoms with Crippen molar-refractivity contribution in [2.24, 2.45) is 0 Å². The summed E-state index contributed by atoms with van der Waals surface area (Å²) in [5.74, 6) is 0.912. The van der Waals surface area contributed by atoms with Gasteiger partial charge in [-0.2, -0.15) is 9.59 Å². The first-order valence-corrected chi connectivity index (χ1v) is 27.4. The Labute approximate surface area is 447 Å². The minimum atomic E-state index is -0.735. The highest BCUT2D eigenvalue weighted by Crippen LogP contribution is 2.43. The maximum Gasteiger partial charge on any atom is 0.494 e. The molecule has 0 atom stereocenters. The Morgan fingerprint density at radius 3 is 1.26 bits per heavy atom. The molecule has 0 saturated carbocycles. The summed E-state index contributed by atoms with van der Waals surface area (Å²) in [5.41, 5.74) is 12.6. The third-order valence-corrected chi connectivity index (χ3v) is 17.1. The lowest BCUT2D eigenvalue weighted by molar-refractivity contribution is -0.191. The summed E-state index contributed by atoms with van der Waals surface area (Å²) in [6, 6.07) is 38.0. The first-order valence-electron chi connectivity index (χ1n) is 27.4. The highest BCUT2D eigenvalue weighted by molar-refractivity contribution is 6.62. The van der Waals surface area contributed by atoms with Gasteiger partial charge in [0.1, 0.15) is 5.75 Å². The van der Waals surface area contributed by atoms with Crippen LogP contribution in [0, 0.1) is 13.8 Å². The number of hydrogen-bond donors (Lipinski definition) is 2. The summed E-state index contributed by atoms with van der Waals surface area (Å²) in [7, 11) is 1.40. The van der Waals surface area contributed by atoms with Crippen LogP contribution in [-0.2, 0) is 36.1 Å². The number of methoxy groups -OCH3 is 1. The van der Waals surface area contributed by atoms with Crippen molar-refractivity contribution in [1.29, 1.82) is 0 Å². The van der Waals surface area contributed by atoms with Gasteiger partial charge in [-0.15, -0.1) is 0 Å². The summed E-state index contributed by atoms with van der Waals surface area (Å²) < 4.78 is 18.2. The van der Waals surface area contributed by atoms with Crippen LogP contribution in [-0.4, -0.2) is 53.0 Å². The van der Waals surface area contributed by atoms with Crippen LogP contribution in [0.15, 0.2) is 115 Å². The Kier molecular flexibility index (Phi) is 21.9. The highest BCUT2D eigenvalue weighted by atomic mass is 16.7. The van der Waals surface area contributed by atoms with E-state index in [-0.39, 0.29) is 35.3 Å². The van der Waals surface area contributed by atoms with Crippen LogP contribution in [0.2, 0.25) is 0 Å². The third kappa shape index (κ3) is 13.7. The number of hydrogen-bond acceptors (Lipinski definition) is 7. The van der Waals surface area contributed by atoms with Crippen LogP contribution in [0.1, 0.15) is 191 Å². The molecule has 0 bridgehead atoms. The molecule has 0 aromatic heterocycles. The van der Waals surface area contributed by atoms with E-state index in [1.807, 2.05) is 39.8 Å². The summed E-state index contributed by atoms with van der Waals surface area (Å²) in [4.78, 5) is 16.2. The molecular formula is C66H89BO7. The van der Waals surface area contributed by atoms with E-state index in [0.717, 1.165) is 67.3 Å². The molecule has 398 valence electrons. The second kappa shape index (κ2) is 26.4. The molecule has 1 fully saturated rings. The third-order valence-electron chi connectivity index (χ3n) is 17.1. The summed E-state index contributed by atoms with van der Waals surface area (Å²) >= 11 is 0. The van der Waals surface area contributed by atoms with Crippen molar-refractivity contribution in [3.63, 3.8) is 0 Å². The van der Waals surface area contributed by atoms with Gasteiger partial charge in [-0.05, 0) is 173 Å². The molecule has 6 rings (SSSR count). The van der Waals surface area contributed by atoms with Crippen molar-refractivity contribution in [1.82, 2.24) is 0 Å². The van der Waals surface area contributed by atoms with Gasteiger partial charge in [-0.3, -0.25) is 0 Å². The number of aryl methyl sites for hydroxylation is 3. The van der Waals surface area contributed by atoms with E-state index < -0.39 is 11.2 Å². The van der Waals surface area contributed by atoms with E-state index in [1.165, 1.54) is 50.1 Å². The van der Waals surface area contributed by atoms with Gasteiger partial charge in [0, 0.05) is 16.4 Å². The van der Waals surface area contributed by atoms with E-state index in [9.17, 15) is 10.2 Å². The first kappa shape index (κ1) is 61.2. The number of aliphatic hydroxyl groups is 2. The highest BCUT2D eigenvalue weighted by Gasteiger charge is 2.51. The molecule has 1 saturated heterocycles. The van der Waals surface area contributed by atoms with Gasteiger partial charge in [0.25, 0.3) is 0 Å². The Balaban J connectivity index is 0.000000304. The van der Waals surface area contributed by atoms with Gasteiger partial charge in [0.15, 0.2) is 0 Å². The Morgan fingerprint density at radius 2 is 0.919 bits per heavy atom. The van der Waals surface area contributed by atoms with E-state index in [2.05, 4.69) is 191 Å². The number of benzene rings is 5. The molecule has 0 radical (unpaired) electrons. The molecule has 5 aromatic rings. The number of ether oxygens (including phenoxy) is 1. The van der Waals surface area contributed by atoms with Crippen LogP contribution in [0.5, 0.6) is 5.75 Å². The molecule has 0 amide bonds. The SMILES string of the molecule is CCC(O)(/C=C/c1ccc(C(CC)(CC)c2ccc(B3OC(C)(C)C(C)(C)O3)cc2)cc1C)CC.CCc1ccc(OC)c(-c2ccc(C(CC)(CC)c3ccc(/C=C/C(O)(CC)CC)c(C)c3)cc2)c1.O=C=O. The molecule has 1 heterocycles. The van der Waals surface area contributed by atoms with Gasteiger partial charge in [-0.25, -0.2) is 0 Å². The molecule has 8 heteroatoms. The van der Waals surface area contributed by atoms with E-state index in [4.69, 9.17) is 23.6 Å². The predicted octanol–water partition coefficient (Wildman–Crippen LogP) is 15.3. The number of rotatable bonds is 20. The average Bonchev–Trinajstić information content (AvgIpc) is 3.64. The zero-order valence-electron chi connectivity index (χ0n) is 48.0. The maximum absolute atomic E-state index is 10.7. The molecule has 0 unspecified atom stereocenters. The Bertz CT molecular complexity index is 2640. The molecule has 2 N–H and O–H groups in total. The van der Waals surface area contributed by atoms with Crippen molar-refractivity contribution in [2.45, 2.75) is 195 Å². The molecule has 74 heavy (non-hydrogen) atoms. The van der Waals surface area contributed by atoms with Crippen LogP contribution in [0.4, 0.5) is 0 Å². The number of carbonyl (C=O) groups excluding carboxylic acids is 2. The van der Waals surface area contributed by atoms with Gasteiger partial charge >= 0.3 is 13.3 Å². The van der Waals surface area contributed by atoms with Crippen molar-refractivity contribution < 1.29 is 33.8 Å². The van der Waals surface area contributed by atoms with Crippen LogP contribution >= 0.6 is 0 Å². The second-order valence-corrected chi connectivity index (χ2v) is 21.3. The lowest BCUT2D eigenvalue weighted by Gasteiger charge is -2.34. The van der Waals surface area contributed by atoms with E-state index in [1.54, 1.807) is 7.11 Å². The lowest BCUT2D eigenvalue weighted by atomic mass is 9.69. The van der Waals surface area contributed by atoms with Crippen molar-refractivity contribution in [2.75, 3.05) is 7.11 Å². The van der Waals surface area contributed by atoms with Crippen molar-refractivity contribution in [3.05, 3.63) is 165 Å². The standard InChI is InChI=1S/C34H44O2.C31H45BO3.CO2/c1-8-26-13-20-32(36-7)31(24-26)28-15-17-29(18-16-28)34(11-4,12-5)30-19-14-27(25(6)23-30)21-22-33(35,9-2)10-3;1-10-30(33,11-2)21-20-24-14-15-26(22-23(24)5)31(12-3,13-4)25-16-18-27(19-17-25)32-34-28(6,7)29(8,9)35-32;2-1-3/h13-24,35H,8-12H2,1-7H3;14-22,33H,10-13H2,1-9H3;/b22-21+;21-20+;. The fourth-order valence-electron chi connectivity index (χ4n) is 10.4. The van der Waals surface area contributed by atoms with Crippen LogP contribution < -0.4 is 10.2 Å². The predicted molar refractivity (Wildman–Crippen MR) is 309 cm³/mol. The topological polar surface area (TPSA) is 102 Å². The Morgan fingerprint density at radius 1 is 0.541 bits per heavy atom. The van der Waals surface area contributed by atoms with Crippen LogP contribution in [0.25, 0.3) is 23.3 Å². The summed E-state index contributed by atoms with van der Waals surface area (Å²) in [6.07, 6.45) is 16.3. The average molecular weight is 1010 g/mol. The molecule has 1 aliphatic heterocycles. The molecule has 1 aliphatic rings. The molecule has 0 aliphatic carbocycles. The minimum absolute atomic E-state index is 0.0472. The van der Waals surface area contributed by atoms with Gasteiger partial charge < -0.3 is 24.3 Å². The monoisotopic (exact) mass is 1000 g/mol. The quantitative estimate of drug-likeness (QED) is 0.0749. The molecule has 0 spiro atoms. The normalized spacial score (nSPS) is 14.6. The molecule has 7 nitrogen and oxygen atoms in total. The Hall–Kier alpha value is -5.34. The molecular weight excluding hydrogens is 916 g/mol. The first-order chi connectivity index (χ1) is 35.1. The van der Waals surface area contributed by atoms with Crippen molar-refractivity contribution in [3.8, 4) is 16.9 Å². The van der Waals surface area contributed by atoms with Gasteiger partial charge in [0.05, 0.1) is 29.5 Å². The summed E-state index contributed by atoms with van der Waals surface area (Å²) in [5, 5.41) is 21.3. The second-order valence-electron chi connectivity index (χ2n) is 21.3. The van der Waals surface area contributed by atoms with Gasteiger partial charge in [0.2, 0.25) is 0 Å². The van der Waals surface area contributed by atoms with Gasteiger partial charge in [-0.1, -0.05) is 178 Å². The largest absolute Gasteiger partial charge is 0.496 e. The summed E-state index contributed by atoms with van der Waals surface area (Å²) in [6.45, 7) is 32.1. The maximum atomic E-state index is 10.7. The van der Waals surface area contributed by atoms with E-state index in [0.29, 0.717) is 12.8 Å². The fraction of sp³-hybridized carbons (Fsp3) is 0.470. The lowest BCUT2D eigenvalue weighted by Crippen LogP contribution is -2.41. The fourth-order valence-corrected chi connectivity index (χ4v) is 10.4. The zero-order chi connectivity index (χ0) is 55.1. The van der Waals surface area contributed by atoms with Crippen molar-refractivity contribution >= 4 is 30.9 Å². The molecule has 5 aromatic carbocycles. The minimum Gasteiger partial charge on any atom is -0.496 e. The zero-order valence-corrected chi connectivity index (χ0v) is 48.0. The van der Waals surface area contributed by atoms with Crippen LogP contribution in [0.3, 0.4) is 0 Å². The smallest absolute Gasteiger partial charge is 0.494 e.